The van der Waals surface area contributed by atoms with Gasteiger partial charge in [0.25, 0.3) is 0 Å². The fourth-order valence-corrected chi connectivity index (χ4v) is 3.98. The molecule has 2 aromatic heterocycles. The van der Waals surface area contributed by atoms with E-state index in [0.717, 1.165) is 0 Å². The first kappa shape index (κ1) is 14.2. The van der Waals surface area contributed by atoms with Crippen molar-refractivity contribution < 1.29 is 14.7 Å². The number of hydrogen-bond acceptors (Lipinski definition) is 5. The van der Waals surface area contributed by atoms with Crippen LogP contribution in [0.1, 0.15) is 31.8 Å². The maximum absolute atomic E-state index is 13.0. The molecule has 0 spiro atoms. The van der Waals surface area contributed by atoms with Crippen molar-refractivity contribution in [3.05, 3.63) is 83.2 Å². The Bertz CT molecular complexity index is 993. The van der Waals surface area contributed by atoms with Crippen LogP contribution in [0.15, 0.2) is 60.9 Å². The predicted octanol–water partition coefficient (Wildman–Crippen LogP) is 2.39. The third kappa shape index (κ3) is 1.60. The van der Waals surface area contributed by atoms with E-state index in [2.05, 4.69) is 9.97 Å². The second-order valence-corrected chi connectivity index (χ2v) is 6.27. The molecule has 2 aliphatic carbocycles. The topological polar surface area (TPSA) is 80.2 Å². The lowest BCUT2D eigenvalue weighted by atomic mass is 9.77. The molecule has 0 saturated carbocycles. The summed E-state index contributed by atoms with van der Waals surface area (Å²) in [7, 11) is 0. The van der Waals surface area contributed by atoms with Crippen LogP contribution in [0.4, 0.5) is 0 Å². The van der Waals surface area contributed by atoms with Gasteiger partial charge in [0.15, 0.2) is 11.6 Å². The summed E-state index contributed by atoms with van der Waals surface area (Å²) in [5.74, 6) is -1.96. The van der Waals surface area contributed by atoms with Gasteiger partial charge in [0.1, 0.15) is 11.5 Å². The van der Waals surface area contributed by atoms with Crippen molar-refractivity contribution in [3.63, 3.8) is 0 Å². The van der Waals surface area contributed by atoms with E-state index in [1.54, 1.807) is 60.9 Å². The summed E-state index contributed by atoms with van der Waals surface area (Å²) in [5, 5.41) is 11.7. The SMILES string of the molecule is O=C1c2ccccc2C(=O)C1C1(O)c2cccnc2-c2ncccc21. The number of ketones is 2. The highest BCUT2D eigenvalue weighted by Gasteiger charge is 2.57. The molecule has 0 radical (unpaired) electrons. The zero-order valence-corrected chi connectivity index (χ0v) is 13.0. The van der Waals surface area contributed by atoms with Crippen LogP contribution in [0.5, 0.6) is 0 Å². The number of hydrogen-bond donors (Lipinski definition) is 1. The van der Waals surface area contributed by atoms with Crippen molar-refractivity contribution in [2.75, 3.05) is 0 Å². The third-order valence-electron chi connectivity index (χ3n) is 5.06. The van der Waals surface area contributed by atoms with E-state index in [1.807, 2.05) is 0 Å². The van der Waals surface area contributed by atoms with E-state index in [0.29, 0.717) is 33.6 Å². The predicted molar refractivity (Wildman–Crippen MR) is 89.1 cm³/mol. The van der Waals surface area contributed by atoms with Crippen molar-refractivity contribution in [1.29, 1.82) is 0 Å². The van der Waals surface area contributed by atoms with Crippen LogP contribution in [0, 0.1) is 5.92 Å². The Hall–Kier alpha value is -3.18. The standard InChI is InChI=1S/C20H12N2O3/c23-18-11-5-1-2-6-12(11)19(24)15(18)20(25)13-7-3-9-21-16(13)17-14(20)8-4-10-22-17/h1-10,15,25H. The lowest BCUT2D eigenvalue weighted by Crippen LogP contribution is -2.41. The van der Waals surface area contributed by atoms with Gasteiger partial charge in [0, 0.05) is 34.6 Å². The highest BCUT2D eigenvalue weighted by molar-refractivity contribution is 6.27. The molecule has 0 unspecified atom stereocenters. The van der Waals surface area contributed by atoms with Crippen LogP contribution in [0.2, 0.25) is 0 Å². The Kier molecular flexibility index (Phi) is 2.65. The zero-order chi connectivity index (χ0) is 17.2. The summed E-state index contributed by atoms with van der Waals surface area (Å²) in [6.45, 7) is 0. The molecule has 0 fully saturated rings. The molecular formula is C20H12N2O3. The van der Waals surface area contributed by atoms with Crippen molar-refractivity contribution in [3.8, 4) is 11.4 Å². The van der Waals surface area contributed by atoms with E-state index < -0.39 is 11.5 Å². The van der Waals surface area contributed by atoms with Gasteiger partial charge in [-0.1, -0.05) is 36.4 Å². The van der Waals surface area contributed by atoms with Crippen LogP contribution < -0.4 is 0 Å². The van der Waals surface area contributed by atoms with Gasteiger partial charge in [0.2, 0.25) is 0 Å². The highest BCUT2D eigenvalue weighted by atomic mass is 16.3. The fraction of sp³-hybridized carbons (Fsp3) is 0.100. The Morgan fingerprint density at radius 3 is 1.72 bits per heavy atom. The van der Waals surface area contributed by atoms with Gasteiger partial charge in [-0.2, -0.15) is 0 Å². The molecule has 5 heteroatoms. The van der Waals surface area contributed by atoms with Gasteiger partial charge in [-0.05, 0) is 12.1 Å². The molecular weight excluding hydrogens is 316 g/mol. The Balaban J connectivity index is 1.80. The normalized spacial score (nSPS) is 17.3. The number of benzene rings is 1. The smallest absolute Gasteiger partial charge is 0.178 e. The molecule has 0 aliphatic heterocycles. The van der Waals surface area contributed by atoms with Crippen LogP contribution >= 0.6 is 0 Å². The summed E-state index contributed by atoms with van der Waals surface area (Å²) in [6.07, 6.45) is 3.21. The largest absolute Gasteiger partial charge is 0.379 e. The number of aromatic nitrogens is 2. The number of pyridine rings is 2. The van der Waals surface area contributed by atoms with Crippen molar-refractivity contribution in [2.45, 2.75) is 5.60 Å². The summed E-state index contributed by atoms with van der Waals surface area (Å²) >= 11 is 0. The first-order valence-electron chi connectivity index (χ1n) is 7.95. The molecule has 0 bridgehead atoms. The van der Waals surface area contributed by atoms with E-state index in [9.17, 15) is 14.7 Å². The van der Waals surface area contributed by atoms with Crippen molar-refractivity contribution >= 4 is 11.6 Å². The number of fused-ring (bicyclic) bond motifs is 4. The van der Waals surface area contributed by atoms with Gasteiger partial charge in [0.05, 0.1) is 11.4 Å². The highest BCUT2D eigenvalue weighted by Crippen LogP contribution is 2.52. The first-order chi connectivity index (χ1) is 12.1. The quantitative estimate of drug-likeness (QED) is 0.694. The van der Waals surface area contributed by atoms with E-state index in [1.165, 1.54) is 0 Å². The van der Waals surface area contributed by atoms with Crippen LogP contribution in [0.25, 0.3) is 11.4 Å². The van der Waals surface area contributed by atoms with Gasteiger partial charge in [-0.15, -0.1) is 0 Å². The summed E-state index contributed by atoms with van der Waals surface area (Å²) in [4.78, 5) is 34.6. The molecule has 0 amide bonds. The van der Waals surface area contributed by atoms with Gasteiger partial charge < -0.3 is 5.11 Å². The van der Waals surface area contributed by atoms with Crippen LogP contribution in [-0.2, 0) is 5.60 Å². The molecule has 0 atom stereocenters. The Morgan fingerprint density at radius 1 is 0.760 bits per heavy atom. The number of carbonyl (C=O) groups excluding carboxylic acids is 2. The minimum atomic E-state index is -1.76. The van der Waals surface area contributed by atoms with Crippen LogP contribution in [0.3, 0.4) is 0 Å². The number of carbonyl (C=O) groups is 2. The number of aliphatic hydroxyl groups is 1. The minimum absolute atomic E-state index is 0.355. The zero-order valence-electron chi connectivity index (χ0n) is 13.0. The van der Waals surface area contributed by atoms with Crippen LogP contribution in [-0.4, -0.2) is 26.6 Å². The lowest BCUT2D eigenvalue weighted by Gasteiger charge is -2.29. The number of nitrogens with zero attached hydrogens (tertiary/aromatic N) is 2. The molecule has 2 heterocycles. The Labute approximate surface area is 143 Å². The first-order valence-corrected chi connectivity index (χ1v) is 7.95. The monoisotopic (exact) mass is 328 g/mol. The molecule has 5 nitrogen and oxygen atoms in total. The van der Waals surface area contributed by atoms with Crippen molar-refractivity contribution in [1.82, 2.24) is 9.97 Å². The van der Waals surface area contributed by atoms with E-state index >= 15 is 0 Å². The molecule has 0 saturated heterocycles. The number of rotatable bonds is 1. The molecule has 5 rings (SSSR count). The maximum Gasteiger partial charge on any atom is 0.178 e. The van der Waals surface area contributed by atoms with Gasteiger partial charge >= 0.3 is 0 Å². The molecule has 3 aromatic rings. The van der Waals surface area contributed by atoms with E-state index in [-0.39, 0.29) is 11.6 Å². The molecule has 2 aliphatic rings. The Morgan fingerprint density at radius 2 is 1.24 bits per heavy atom. The maximum atomic E-state index is 13.0. The second kappa shape index (κ2) is 4.68. The molecule has 1 N–H and O–H groups in total. The summed E-state index contributed by atoms with van der Waals surface area (Å²) < 4.78 is 0. The minimum Gasteiger partial charge on any atom is -0.379 e. The molecule has 25 heavy (non-hydrogen) atoms. The van der Waals surface area contributed by atoms with Gasteiger partial charge in [-0.3, -0.25) is 19.6 Å². The molecule has 120 valence electrons. The third-order valence-corrected chi connectivity index (χ3v) is 5.06. The number of Topliss-reactive ketones (excluding diaryl/α,β-unsaturated/α-hetero) is 2. The van der Waals surface area contributed by atoms with Crippen molar-refractivity contribution in [2.24, 2.45) is 5.92 Å². The average molecular weight is 328 g/mol. The van der Waals surface area contributed by atoms with E-state index in [4.69, 9.17) is 0 Å². The fourth-order valence-electron chi connectivity index (χ4n) is 3.98. The summed E-state index contributed by atoms with van der Waals surface area (Å²) in [5.41, 5.74) is 0.864. The second-order valence-electron chi connectivity index (χ2n) is 6.27. The summed E-state index contributed by atoms with van der Waals surface area (Å²) in [6, 6.07) is 13.5. The molecule has 1 aromatic carbocycles. The lowest BCUT2D eigenvalue weighted by molar-refractivity contribution is 0.0251. The average Bonchev–Trinajstić information content (AvgIpc) is 3.07. The van der Waals surface area contributed by atoms with Gasteiger partial charge in [-0.25, -0.2) is 0 Å².